The Bertz CT molecular complexity index is 607. The average Bonchev–Trinajstić information content (AvgIpc) is 2.48. The molecule has 2 aromatic rings. The Morgan fingerprint density at radius 3 is 2.48 bits per heavy atom. The van der Waals surface area contributed by atoms with Gasteiger partial charge < -0.3 is 14.6 Å². The maximum Gasteiger partial charge on any atom is 0.313 e. The van der Waals surface area contributed by atoms with Crippen LogP contribution in [0.2, 0.25) is 0 Å². The highest BCUT2D eigenvalue weighted by atomic mass is 16.5. The molecule has 0 spiro atoms. The van der Waals surface area contributed by atoms with E-state index in [-0.39, 0.29) is 11.7 Å². The van der Waals surface area contributed by atoms with Crippen LogP contribution in [0.15, 0.2) is 48.5 Å². The molecule has 0 radical (unpaired) electrons. The number of phenolic OH excluding ortho intramolecular Hbond substituents is 1. The number of rotatable bonds is 5. The smallest absolute Gasteiger partial charge is 0.313 e. The van der Waals surface area contributed by atoms with E-state index in [0.717, 1.165) is 0 Å². The van der Waals surface area contributed by atoms with Gasteiger partial charge in [0, 0.05) is 11.6 Å². The topological polar surface area (TPSA) is 55.8 Å². The van der Waals surface area contributed by atoms with Crippen LogP contribution in [0.4, 0.5) is 0 Å². The molecule has 0 aliphatic carbocycles. The molecule has 1 atom stereocenters. The van der Waals surface area contributed by atoms with E-state index in [1.807, 2.05) is 30.3 Å². The molecule has 0 fully saturated rings. The fourth-order valence-corrected chi connectivity index (χ4v) is 1.97. The zero-order chi connectivity index (χ0) is 15.2. The van der Waals surface area contributed by atoms with Crippen molar-refractivity contribution in [1.82, 2.24) is 0 Å². The first kappa shape index (κ1) is 14.9. The molecule has 1 N–H and O–H groups in total. The van der Waals surface area contributed by atoms with Crippen LogP contribution >= 0.6 is 0 Å². The lowest BCUT2D eigenvalue weighted by atomic mass is 10.00. The maximum atomic E-state index is 11.7. The predicted octanol–water partition coefficient (Wildman–Crippen LogP) is 3.85. The zero-order valence-corrected chi connectivity index (χ0v) is 12.1. The summed E-state index contributed by atoms with van der Waals surface area (Å²) < 4.78 is 10.6. The second kappa shape index (κ2) is 6.79. The van der Waals surface area contributed by atoms with Gasteiger partial charge in [0.2, 0.25) is 0 Å². The van der Waals surface area contributed by atoms with Crippen molar-refractivity contribution in [1.29, 1.82) is 0 Å². The average molecular weight is 286 g/mol. The number of phenols is 1. The summed E-state index contributed by atoms with van der Waals surface area (Å²) in [6, 6.07) is 14.2. The quantitative estimate of drug-likeness (QED) is 0.848. The van der Waals surface area contributed by atoms with Gasteiger partial charge in [0.05, 0.1) is 12.5 Å². The molecular weight excluding hydrogens is 268 g/mol. The lowest BCUT2D eigenvalue weighted by molar-refractivity contribution is -0.144. The predicted molar refractivity (Wildman–Crippen MR) is 79.7 cm³/mol. The first-order valence-corrected chi connectivity index (χ1v) is 6.84. The molecule has 2 aromatic carbocycles. The number of aromatic hydroxyl groups is 1. The van der Waals surface area contributed by atoms with Crippen LogP contribution < -0.4 is 4.74 Å². The highest BCUT2D eigenvalue weighted by molar-refractivity contribution is 5.78. The van der Waals surface area contributed by atoms with E-state index in [1.54, 1.807) is 26.0 Å². The van der Waals surface area contributed by atoms with Gasteiger partial charge in [-0.3, -0.25) is 4.79 Å². The molecule has 4 nitrogen and oxygen atoms in total. The van der Waals surface area contributed by atoms with Crippen molar-refractivity contribution in [3.05, 3.63) is 54.1 Å². The van der Waals surface area contributed by atoms with Gasteiger partial charge in [0.1, 0.15) is 17.2 Å². The Labute approximate surface area is 123 Å². The second-order valence-corrected chi connectivity index (χ2v) is 4.61. The van der Waals surface area contributed by atoms with E-state index in [4.69, 9.17) is 9.47 Å². The SMILES string of the molecule is CCOC(=O)C(C)c1ccc(Oc2ccccc2)cc1O. The van der Waals surface area contributed by atoms with Gasteiger partial charge in [-0.1, -0.05) is 24.3 Å². The number of carbonyl (C=O) groups excluding carboxylic acids is 1. The molecule has 0 aliphatic heterocycles. The molecule has 0 amide bonds. The van der Waals surface area contributed by atoms with Crippen LogP contribution in [0.5, 0.6) is 17.2 Å². The molecular formula is C17H18O4. The molecule has 2 rings (SSSR count). The normalized spacial score (nSPS) is 11.7. The Morgan fingerprint density at radius 1 is 1.14 bits per heavy atom. The van der Waals surface area contributed by atoms with E-state index >= 15 is 0 Å². The lowest BCUT2D eigenvalue weighted by Crippen LogP contribution is -2.13. The number of hydrogen-bond acceptors (Lipinski definition) is 4. The minimum atomic E-state index is -0.518. The van der Waals surface area contributed by atoms with Crippen molar-refractivity contribution in [2.75, 3.05) is 6.61 Å². The summed E-state index contributed by atoms with van der Waals surface area (Å²) in [6.45, 7) is 3.77. The highest BCUT2D eigenvalue weighted by Gasteiger charge is 2.20. The number of benzene rings is 2. The van der Waals surface area contributed by atoms with Crippen molar-refractivity contribution in [3.63, 3.8) is 0 Å². The van der Waals surface area contributed by atoms with Crippen molar-refractivity contribution >= 4 is 5.97 Å². The molecule has 0 aromatic heterocycles. The number of para-hydroxylation sites is 1. The summed E-state index contributed by atoms with van der Waals surface area (Å²) in [5.41, 5.74) is 0.522. The minimum Gasteiger partial charge on any atom is -0.508 e. The Morgan fingerprint density at radius 2 is 1.86 bits per heavy atom. The largest absolute Gasteiger partial charge is 0.508 e. The summed E-state index contributed by atoms with van der Waals surface area (Å²) in [7, 11) is 0. The summed E-state index contributed by atoms with van der Waals surface area (Å²) >= 11 is 0. The zero-order valence-electron chi connectivity index (χ0n) is 12.1. The van der Waals surface area contributed by atoms with E-state index in [9.17, 15) is 9.90 Å². The monoisotopic (exact) mass is 286 g/mol. The highest BCUT2D eigenvalue weighted by Crippen LogP contribution is 2.32. The van der Waals surface area contributed by atoms with Crippen LogP contribution in [0.1, 0.15) is 25.3 Å². The molecule has 4 heteroatoms. The second-order valence-electron chi connectivity index (χ2n) is 4.61. The van der Waals surface area contributed by atoms with Crippen LogP contribution in [0.3, 0.4) is 0 Å². The molecule has 0 saturated heterocycles. The molecule has 0 aliphatic rings. The van der Waals surface area contributed by atoms with E-state index in [1.165, 1.54) is 6.07 Å². The molecule has 1 unspecified atom stereocenters. The first-order valence-electron chi connectivity index (χ1n) is 6.84. The van der Waals surface area contributed by atoms with Crippen molar-refractivity contribution in [2.45, 2.75) is 19.8 Å². The van der Waals surface area contributed by atoms with Crippen LogP contribution in [0.25, 0.3) is 0 Å². The summed E-state index contributed by atoms with van der Waals surface area (Å²) in [6.07, 6.45) is 0. The van der Waals surface area contributed by atoms with Gasteiger partial charge in [0.15, 0.2) is 0 Å². The standard InChI is InChI=1S/C17H18O4/c1-3-20-17(19)12(2)15-10-9-14(11-16(15)18)21-13-7-5-4-6-8-13/h4-12,18H,3H2,1-2H3. The van der Waals surface area contributed by atoms with Crippen LogP contribution in [0, 0.1) is 0 Å². The van der Waals surface area contributed by atoms with Gasteiger partial charge in [-0.05, 0) is 32.0 Å². The number of hydrogen-bond donors (Lipinski definition) is 1. The molecule has 0 bridgehead atoms. The molecule has 110 valence electrons. The molecule has 0 saturated carbocycles. The number of esters is 1. The van der Waals surface area contributed by atoms with Gasteiger partial charge in [0.25, 0.3) is 0 Å². The van der Waals surface area contributed by atoms with E-state index in [2.05, 4.69) is 0 Å². The Kier molecular flexibility index (Phi) is 4.82. The van der Waals surface area contributed by atoms with Gasteiger partial charge in [-0.15, -0.1) is 0 Å². The van der Waals surface area contributed by atoms with Crippen LogP contribution in [-0.4, -0.2) is 17.7 Å². The van der Waals surface area contributed by atoms with Gasteiger partial charge in [-0.2, -0.15) is 0 Å². The third-order valence-corrected chi connectivity index (χ3v) is 3.09. The first-order chi connectivity index (χ1) is 10.1. The van der Waals surface area contributed by atoms with Crippen molar-refractivity contribution in [3.8, 4) is 17.2 Å². The lowest BCUT2D eigenvalue weighted by Gasteiger charge is -2.13. The summed E-state index contributed by atoms with van der Waals surface area (Å²) in [5, 5.41) is 10.1. The fourth-order valence-electron chi connectivity index (χ4n) is 1.97. The summed E-state index contributed by atoms with van der Waals surface area (Å²) in [4.78, 5) is 11.7. The molecule has 0 heterocycles. The Hall–Kier alpha value is -2.49. The number of ether oxygens (including phenoxy) is 2. The maximum absolute atomic E-state index is 11.7. The van der Waals surface area contributed by atoms with Gasteiger partial charge >= 0.3 is 5.97 Å². The van der Waals surface area contributed by atoms with Crippen molar-refractivity contribution in [2.24, 2.45) is 0 Å². The Balaban J connectivity index is 2.16. The fraction of sp³-hybridized carbons (Fsp3) is 0.235. The van der Waals surface area contributed by atoms with E-state index in [0.29, 0.717) is 23.7 Å². The number of carbonyl (C=O) groups is 1. The summed E-state index contributed by atoms with van der Waals surface area (Å²) in [5.74, 6) is 0.339. The van der Waals surface area contributed by atoms with E-state index < -0.39 is 5.92 Å². The van der Waals surface area contributed by atoms with Crippen molar-refractivity contribution < 1.29 is 19.4 Å². The minimum absolute atomic E-state index is 0.0176. The van der Waals surface area contributed by atoms with Gasteiger partial charge in [-0.25, -0.2) is 0 Å². The van der Waals surface area contributed by atoms with Crippen LogP contribution in [-0.2, 0) is 9.53 Å². The molecule has 21 heavy (non-hydrogen) atoms. The third kappa shape index (κ3) is 3.75. The third-order valence-electron chi connectivity index (χ3n) is 3.09.